The first kappa shape index (κ1) is 47.4. The molecule has 0 bridgehead atoms. The molecule has 1 aliphatic heterocycles. The molecule has 53 heavy (non-hydrogen) atoms. The maximum Gasteiger partial charge on any atom is 3.00 e. The number of nitrogens with zero attached hydrogens (tertiary/aromatic N) is 3. The molecule has 1 fully saturated rings. The van der Waals surface area contributed by atoms with Crippen LogP contribution in [0.3, 0.4) is 0 Å². The van der Waals surface area contributed by atoms with Crippen LogP contribution < -0.4 is 14.7 Å². The zero-order chi connectivity index (χ0) is 38.7. The van der Waals surface area contributed by atoms with Crippen molar-refractivity contribution in [3.8, 4) is 0 Å². The third-order valence-electron chi connectivity index (χ3n) is 8.67. The zero-order valence-corrected chi connectivity index (χ0v) is 39.5. The van der Waals surface area contributed by atoms with Crippen molar-refractivity contribution >= 4 is 53.1 Å². The average molecular weight is 926 g/mol. The minimum atomic E-state index is -2.02. The van der Waals surface area contributed by atoms with Crippen molar-refractivity contribution in [2.45, 2.75) is 106 Å². The maximum atomic E-state index is 12.3. The largest absolute Gasteiger partial charge is 3.00 e. The van der Waals surface area contributed by atoms with E-state index in [4.69, 9.17) is 24.1 Å². The van der Waals surface area contributed by atoms with Gasteiger partial charge in [0.05, 0.1) is 0 Å². The summed E-state index contributed by atoms with van der Waals surface area (Å²) in [5.41, 5.74) is 9.63. The molecule has 3 aromatic rings. The summed E-state index contributed by atoms with van der Waals surface area (Å²) >= 11 is -2.02. The summed E-state index contributed by atoms with van der Waals surface area (Å²) < 4.78 is 6.88. The van der Waals surface area contributed by atoms with Gasteiger partial charge in [0.1, 0.15) is 0 Å². The molecule has 0 N–H and O–H groups in total. The van der Waals surface area contributed by atoms with Crippen molar-refractivity contribution in [2.75, 3.05) is 34.4 Å². The minimum absolute atomic E-state index is 0. The molecule has 288 valence electrons. The van der Waals surface area contributed by atoms with Crippen LogP contribution in [0.5, 0.6) is 0 Å². The fourth-order valence-electron chi connectivity index (χ4n) is 6.15. The maximum absolute atomic E-state index is 12.3. The Morgan fingerprint density at radius 3 is 1.62 bits per heavy atom. The molecule has 1 saturated heterocycles. The Morgan fingerprint density at radius 1 is 0.811 bits per heavy atom. The van der Waals surface area contributed by atoms with Crippen LogP contribution in [0.15, 0.2) is 54.6 Å². The first-order valence-electron chi connectivity index (χ1n) is 18.4. The number of carbonyl (C=O) groups is 2. The van der Waals surface area contributed by atoms with Crippen LogP contribution >= 0.6 is 19.4 Å². The van der Waals surface area contributed by atoms with E-state index >= 15 is 0 Å². The smallest absolute Gasteiger partial charge is 3.00 e. The molecule has 3 aromatic carbocycles. The van der Waals surface area contributed by atoms with Gasteiger partial charge < -0.3 is 9.80 Å². The molecule has 0 saturated carbocycles. The van der Waals surface area contributed by atoms with Crippen LogP contribution in [-0.2, 0) is 55.8 Å². The Balaban J connectivity index is 0.000000370. The number of para-hydroxylation sites is 2. The van der Waals surface area contributed by atoms with Crippen LogP contribution in [0.1, 0.15) is 134 Å². The number of halogens is 2. The van der Waals surface area contributed by atoms with Gasteiger partial charge in [0.25, 0.3) is 0 Å². The van der Waals surface area contributed by atoms with E-state index in [0.717, 1.165) is 18.0 Å². The minimum Gasteiger partial charge on any atom is 3.00 e. The van der Waals surface area contributed by atoms with Crippen molar-refractivity contribution in [3.05, 3.63) is 102 Å². The molecule has 4 rings (SSSR count). The van der Waals surface area contributed by atoms with E-state index in [0.29, 0.717) is 41.3 Å². The predicted octanol–water partition coefficient (Wildman–Crippen LogP) is 11.9. The predicted molar refractivity (Wildman–Crippen MR) is 219 cm³/mol. The van der Waals surface area contributed by atoms with Gasteiger partial charge in [-0.25, -0.2) is 0 Å². The van der Waals surface area contributed by atoms with Crippen molar-refractivity contribution < 1.29 is 60.6 Å². The molecular formula is C43H58Cl2N3O3RuY. The first-order chi connectivity index (χ1) is 24.6. The van der Waals surface area contributed by atoms with Gasteiger partial charge in [0.2, 0.25) is 0 Å². The molecule has 1 aliphatic rings. The van der Waals surface area contributed by atoms with E-state index in [1.807, 2.05) is 20.8 Å². The topological polar surface area (TPSA) is 53.1 Å². The molecule has 0 aliphatic carbocycles. The van der Waals surface area contributed by atoms with Gasteiger partial charge in [-0.1, -0.05) is 91.8 Å². The molecule has 0 atom stereocenters. The summed E-state index contributed by atoms with van der Waals surface area (Å²) in [6, 6.07) is 21.8. The Labute approximate surface area is 358 Å². The summed E-state index contributed by atoms with van der Waals surface area (Å²) in [5.74, 6) is 1.79. The average Bonchev–Trinajstić information content (AvgIpc) is 3.56. The number of amides is 2. The molecular weight excluding hydrogens is 867 g/mol. The number of rotatable bonds is 12. The fraction of sp³-hybridized carbons (Fsp3) is 0.465. The van der Waals surface area contributed by atoms with E-state index in [1.54, 1.807) is 22.8 Å². The number of carbonyl (C=O) groups excluding carboxylic acids is 2. The second-order valence-corrected chi connectivity index (χ2v) is 20.5. The van der Waals surface area contributed by atoms with Crippen molar-refractivity contribution in [2.24, 2.45) is 5.92 Å². The van der Waals surface area contributed by atoms with Gasteiger partial charge >= 0.3 is 183 Å². The van der Waals surface area contributed by atoms with E-state index in [1.165, 1.54) is 40.0 Å². The van der Waals surface area contributed by atoms with Crippen LogP contribution in [-0.4, -0.2) is 36.3 Å². The number of ether oxygens (including phenoxy) is 1. The number of benzene rings is 3. The van der Waals surface area contributed by atoms with Gasteiger partial charge in [-0.05, 0) is 45.9 Å². The molecule has 10 heteroatoms. The van der Waals surface area contributed by atoms with Crippen molar-refractivity contribution in [1.29, 1.82) is 0 Å². The molecule has 0 spiro atoms. The molecule has 2 amide bonds. The second-order valence-electron chi connectivity index (χ2n) is 14.7. The summed E-state index contributed by atoms with van der Waals surface area (Å²) in [7, 11) is 11.7. The van der Waals surface area contributed by atoms with Gasteiger partial charge in [0.15, 0.2) is 0 Å². The van der Waals surface area contributed by atoms with Crippen molar-refractivity contribution in [3.63, 3.8) is 0 Å². The van der Waals surface area contributed by atoms with E-state index in [2.05, 4.69) is 114 Å². The third kappa shape index (κ3) is 13.5. The summed E-state index contributed by atoms with van der Waals surface area (Å²) in [5, 5.41) is 0. The van der Waals surface area contributed by atoms with Gasteiger partial charge in [-0.2, -0.15) is 6.67 Å². The SMILES string of the molecule is CC(C)c1cccc(C(C)C)c1N1[CH-]N(c2c(C(C)C)cccc2C(C)C)CC1.CC[CH-]C(=O)N(C(=O)OCC(C)C)c1[c-]c([CH]=[Ru]([Cl])[Cl])ccc1.[Y+3]. The third-order valence-corrected chi connectivity index (χ3v) is 10.5. The zero-order valence-electron chi connectivity index (χ0n) is 33.4. The Bertz CT molecular complexity index is 1550. The summed E-state index contributed by atoms with van der Waals surface area (Å²) in [4.78, 5) is 30.5. The van der Waals surface area contributed by atoms with E-state index in [9.17, 15) is 9.59 Å². The quantitative estimate of drug-likeness (QED) is 0.134. The van der Waals surface area contributed by atoms with E-state index in [-0.39, 0.29) is 45.2 Å². The Kier molecular flexibility index (Phi) is 20.3. The molecule has 6 nitrogen and oxygen atoms in total. The summed E-state index contributed by atoms with van der Waals surface area (Å²) in [6.07, 6.45) is 1.21. The molecule has 1 heterocycles. The molecule has 0 aromatic heterocycles. The van der Waals surface area contributed by atoms with Gasteiger partial charge in [-0.15, -0.1) is 0 Å². The Hall–Kier alpha value is -1.75. The monoisotopic (exact) mass is 925 g/mol. The van der Waals surface area contributed by atoms with E-state index < -0.39 is 25.5 Å². The number of imide groups is 1. The van der Waals surface area contributed by atoms with Crippen LogP contribution in [0.2, 0.25) is 0 Å². The molecule has 0 radical (unpaired) electrons. The normalized spacial score (nSPS) is 12.9. The fourth-order valence-corrected chi connectivity index (χ4v) is 7.83. The van der Waals surface area contributed by atoms with Crippen LogP contribution in [0.25, 0.3) is 0 Å². The number of hydrogen-bond donors (Lipinski definition) is 0. The van der Waals surface area contributed by atoms with Crippen LogP contribution in [0, 0.1) is 25.1 Å². The van der Waals surface area contributed by atoms with Gasteiger partial charge in [0, 0.05) is 24.5 Å². The second kappa shape index (κ2) is 22.7. The number of anilines is 3. The van der Waals surface area contributed by atoms with Crippen molar-refractivity contribution in [1.82, 2.24) is 0 Å². The number of hydrogen-bond acceptors (Lipinski definition) is 5. The molecule has 0 unspecified atom stereocenters. The van der Waals surface area contributed by atoms with Crippen LogP contribution in [0.4, 0.5) is 21.9 Å². The standard InChI is InChI=1S/C27H39N2.C16H19NO3.2ClH.Ru.Y/c1-18(2)22-11-9-12-23(19(3)4)26(22)28-15-16-29(17-28)27-24(20(5)6)13-10-14-25(27)21(7)8;1-5-7-15(18)17(16(19)20-11-12(2)3)14-9-6-8-13(4)10-14;;;;/h9-14,17-21H,15-16H2,1-8H3;4,6-9,12H,5,11H2,1-3H3;2*1H;;/q-1;-2;;;+2;+3/p-2. The van der Waals surface area contributed by atoms with Gasteiger partial charge in [-0.3, -0.25) is 0 Å². The summed E-state index contributed by atoms with van der Waals surface area (Å²) in [6.45, 7) is 28.8. The first-order valence-corrected chi connectivity index (χ1v) is 23.9. The Morgan fingerprint density at radius 2 is 1.25 bits per heavy atom.